The molecule has 0 amide bonds. The van der Waals surface area contributed by atoms with Crippen LogP contribution in [-0.2, 0) is 4.74 Å². The van der Waals surface area contributed by atoms with E-state index in [1.807, 2.05) is 30.3 Å². The highest BCUT2D eigenvalue weighted by atomic mass is 35.5. The number of anilines is 1. The fourth-order valence-corrected chi connectivity index (χ4v) is 4.13. The molecule has 170 valence electrons. The summed E-state index contributed by atoms with van der Waals surface area (Å²) in [5.41, 5.74) is 3.65. The maximum Gasteiger partial charge on any atom is 0.122 e. The Bertz CT molecular complexity index is 822. The molecule has 0 radical (unpaired) electrons. The summed E-state index contributed by atoms with van der Waals surface area (Å²) in [4.78, 5) is 4.66. The molecule has 1 N–H and O–H groups in total. The van der Waals surface area contributed by atoms with Gasteiger partial charge in [0, 0.05) is 43.4 Å². The van der Waals surface area contributed by atoms with Crippen molar-refractivity contribution in [1.82, 2.24) is 4.90 Å². The van der Waals surface area contributed by atoms with E-state index < -0.39 is 6.10 Å². The molecule has 1 aliphatic rings. The highest BCUT2D eigenvalue weighted by Crippen LogP contribution is 2.26. The van der Waals surface area contributed by atoms with Crippen LogP contribution in [0.1, 0.15) is 30.9 Å². The number of aliphatic hydroxyl groups is 1. The van der Waals surface area contributed by atoms with Crippen LogP contribution in [0, 0.1) is 6.92 Å². The van der Waals surface area contributed by atoms with Crippen molar-refractivity contribution in [3.63, 3.8) is 0 Å². The first-order valence-electron chi connectivity index (χ1n) is 11.1. The lowest BCUT2D eigenvalue weighted by atomic mass is 10.0. The third kappa shape index (κ3) is 7.11. The van der Waals surface area contributed by atoms with Crippen LogP contribution in [0.15, 0.2) is 42.5 Å². The minimum atomic E-state index is -0.498. The van der Waals surface area contributed by atoms with Gasteiger partial charge in [-0.3, -0.25) is 4.90 Å². The van der Waals surface area contributed by atoms with E-state index in [4.69, 9.17) is 21.1 Å². The molecular formula is C25H35ClN2O3. The van der Waals surface area contributed by atoms with Crippen LogP contribution in [0.2, 0.25) is 5.02 Å². The first-order valence-corrected chi connectivity index (χ1v) is 11.5. The number of halogens is 1. The first kappa shape index (κ1) is 23.9. The molecule has 1 aliphatic heterocycles. The fourth-order valence-electron chi connectivity index (χ4n) is 3.96. The van der Waals surface area contributed by atoms with Gasteiger partial charge >= 0.3 is 0 Å². The Morgan fingerprint density at radius 3 is 2.52 bits per heavy atom. The van der Waals surface area contributed by atoms with E-state index in [0.29, 0.717) is 32.3 Å². The molecule has 5 nitrogen and oxygen atoms in total. The zero-order chi connectivity index (χ0) is 22.2. The van der Waals surface area contributed by atoms with Gasteiger partial charge in [-0.1, -0.05) is 49.7 Å². The van der Waals surface area contributed by atoms with Crippen molar-refractivity contribution in [3.05, 3.63) is 58.6 Å². The molecule has 0 spiro atoms. The van der Waals surface area contributed by atoms with E-state index in [2.05, 4.69) is 42.7 Å². The van der Waals surface area contributed by atoms with Gasteiger partial charge in [-0.25, -0.2) is 0 Å². The number of aryl methyl sites for hydroxylation is 1. The molecule has 1 heterocycles. The summed E-state index contributed by atoms with van der Waals surface area (Å²) in [5, 5.41) is 11.1. The third-order valence-electron chi connectivity index (χ3n) is 5.69. The minimum Gasteiger partial charge on any atom is -0.491 e. The number of ether oxygens (including phenoxy) is 2. The smallest absolute Gasteiger partial charge is 0.122 e. The standard InChI is InChI=1S/C25H35ClN2O3/c1-19(2)23-6-4-5-7-25(23)31-15-14-30-18-22(29)17-27-10-12-28(13-11-27)24-16-21(26)9-8-20(24)3/h4-9,16,19,22,29H,10-15,17-18H2,1-3H3. The average molecular weight is 447 g/mol. The lowest BCUT2D eigenvalue weighted by molar-refractivity contribution is 0.00709. The van der Waals surface area contributed by atoms with Crippen molar-refractivity contribution in [2.45, 2.75) is 32.8 Å². The van der Waals surface area contributed by atoms with Crippen LogP contribution in [-0.4, -0.2) is 68.7 Å². The molecule has 0 bridgehead atoms. The summed E-state index contributed by atoms with van der Waals surface area (Å²) in [6, 6.07) is 14.1. The monoisotopic (exact) mass is 446 g/mol. The van der Waals surface area contributed by atoms with E-state index in [0.717, 1.165) is 37.0 Å². The zero-order valence-corrected chi connectivity index (χ0v) is 19.6. The Hall–Kier alpha value is -1.79. The largest absolute Gasteiger partial charge is 0.491 e. The molecular weight excluding hydrogens is 412 g/mol. The highest BCUT2D eigenvalue weighted by molar-refractivity contribution is 6.30. The van der Waals surface area contributed by atoms with Crippen molar-refractivity contribution < 1.29 is 14.6 Å². The number of piperazine rings is 1. The molecule has 3 rings (SSSR count). The molecule has 0 aromatic heterocycles. The third-order valence-corrected chi connectivity index (χ3v) is 5.92. The zero-order valence-electron chi connectivity index (χ0n) is 18.9. The molecule has 6 heteroatoms. The van der Waals surface area contributed by atoms with Crippen molar-refractivity contribution in [2.75, 3.05) is 57.4 Å². The summed E-state index contributed by atoms with van der Waals surface area (Å²) in [5.74, 6) is 1.33. The number of hydrogen-bond acceptors (Lipinski definition) is 5. The minimum absolute atomic E-state index is 0.322. The Kier molecular flexibility index (Phi) is 9.02. The Labute approximate surface area is 191 Å². The second-order valence-corrected chi connectivity index (χ2v) is 8.92. The normalized spacial score (nSPS) is 16.0. The van der Waals surface area contributed by atoms with Gasteiger partial charge in [-0.05, 0) is 42.2 Å². The second kappa shape index (κ2) is 11.7. The van der Waals surface area contributed by atoms with E-state index in [1.54, 1.807) is 0 Å². The summed E-state index contributed by atoms with van der Waals surface area (Å²) < 4.78 is 11.5. The Morgan fingerprint density at radius 2 is 1.77 bits per heavy atom. The summed E-state index contributed by atoms with van der Waals surface area (Å²) in [7, 11) is 0. The number of hydrogen-bond donors (Lipinski definition) is 1. The lowest BCUT2D eigenvalue weighted by Crippen LogP contribution is -2.49. The maximum absolute atomic E-state index is 10.4. The summed E-state index contributed by atoms with van der Waals surface area (Å²) in [6.07, 6.45) is -0.498. The number of nitrogens with zero attached hydrogens (tertiary/aromatic N) is 2. The van der Waals surface area contributed by atoms with Gasteiger partial charge in [0.25, 0.3) is 0 Å². The van der Waals surface area contributed by atoms with Crippen LogP contribution in [0.3, 0.4) is 0 Å². The Balaban J connectivity index is 1.33. The molecule has 2 aromatic carbocycles. The van der Waals surface area contributed by atoms with Crippen LogP contribution >= 0.6 is 11.6 Å². The number of para-hydroxylation sites is 1. The van der Waals surface area contributed by atoms with Crippen LogP contribution in [0.4, 0.5) is 5.69 Å². The molecule has 1 unspecified atom stereocenters. The van der Waals surface area contributed by atoms with Crippen LogP contribution < -0.4 is 9.64 Å². The van der Waals surface area contributed by atoms with Gasteiger partial charge in [0.1, 0.15) is 12.4 Å². The molecule has 1 fully saturated rings. The van der Waals surface area contributed by atoms with Gasteiger partial charge in [0.2, 0.25) is 0 Å². The molecule has 0 saturated carbocycles. The molecule has 0 aliphatic carbocycles. The number of β-amino-alcohol motifs (C(OH)–C–C–N with tert-alkyl or cyclic N) is 1. The summed E-state index contributed by atoms with van der Waals surface area (Å²) >= 11 is 6.17. The molecule has 31 heavy (non-hydrogen) atoms. The van der Waals surface area contributed by atoms with E-state index in [9.17, 15) is 5.11 Å². The molecule has 1 saturated heterocycles. The van der Waals surface area contributed by atoms with Crippen molar-refractivity contribution in [3.8, 4) is 5.75 Å². The van der Waals surface area contributed by atoms with Crippen LogP contribution in [0.25, 0.3) is 0 Å². The van der Waals surface area contributed by atoms with Crippen LogP contribution in [0.5, 0.6) is 5.75 Å². The predicted molar refractivity (Wildman–Crippen MR) is 128 cm³/mol. The van der Waals surface area contributed by atoms with E-state index in [1.165, 1.54) is 16.8 Å². The Morgan fingerprint density at radius 1 is 1.03 bits per heavy atom. The van der Waals surface area contributed by atoms with Crippen molar-refractivity contribution in [1.29, 1.82) is 0 Å². The van der Waals surface area contributed by atoms with Gasteiger partial charge in [0.05, 0.1) is 19.3 Å². The van der Waals surface area contributed by atoms with Gasteiger partial charge in [0.15, 0.2) is 0 Å². The maximum atomic E-state index is 10.4. The lowest BCUT2D eigenvalue weighted by Gasteiger charge is -2.37. The topological polar surface area (TPSA) is 45.2 Å². The van der Waals surface area contributed by atoms with E-state index >= 15 is 0 Å². The van der Waals surface area contributed by atoms with Crippen molar-refractivity contribution in [2.24, 2.45) is 0 Å². The highest BCUT2D eigenvalue weighted by Gasteiger charge is 2.20. The average Bonchev–Trinajstić information content (AvgIpc) is 2.76. The number of benzene rings is 2. The second-order valence-electron chi connectivity index (χ2n) is 8.49. The number of rotatable bonds is 10. The van der Waals surface area contributed by atoms with Gasteiger partial charge in [-0.15, -0.1) is 0 Å². The fraction of sp³-hybridized carbons (Fsp3) is 0.520. The van der Waals surface area contributed by atoms with Gasteiger partial charge in [-0.2, -0.15) is 0 Å². The van der Waals surface area contributed by atoms with Gasteiger partial charge < -0.3 is 19.5 Å². The van der Waals surface area contributed by atoms with Crippen molar-refractivity contribution >= 4 is 17.3 Å². The molecule has 2 aromatic rings. The molecule has 1 atom stereocenters. The quantitative estimate of drug-likeness (QED) is 0.550. The van der Waals surface area contributed by atoms with E-state index in [-0.39, 0.29) is 0 Å². The predicted octanol–water partition coefficient (Wildman–Crippen LogP) is 4.35. The number of aliphatic hydroxyl groups excluding tert-OH is 1. The first-order chi connectivity index (χ1) is 14.9. The summed E-state index contributed by atoms with van der Waals surface area (Å²) in [6.45, 7) is 12.0. The SMILES string of the molecule is Cc1ccc(Cl)cc1N1CCN(CC(O)COCCOc2ccccc2C(C)C)CC1.